The van der Waals surface area contributed by atoms with Gasteiger partial charge in [0.05, 0.1) is 0 Å². The molecule has 0 spiro atoms. The standard InChI is InChI=1S/C53H70O2/c1-36(2)9-8-10-39(5)48-29-30-49-47-28-19-42-35-53(34-33-51(42,6)50(47)31-32-52(48,49)7,40-15-24-45(25-16-40)54-43-20-11-37(3)12-21-43)41-17-26-46(27-18-41)55-44-22-13-38(4)14-23-44/h11-13,15-18,20-27,36,38-39,42,47-50H,8-10,14,19,28-35H2,1-7H3. The third kappa shape index (κ3) is 7.50. The number of benzene rings is 3. The second-order valence-electron chi connectivity index (χ2n) is 20.2. The first-order chi connectivity index (χ1) is 26.5. The average Bonchev–Trinajstić information content (AvgIpc) is 3.54. The molecule has 10 atom stereocenters. The van der Waals surface area contributed by atoms with Crippen LogP contribution in [0.25, 0.3) is 0 Å². The Morgan fingerprint density at radius 2 is 1.31 bits per heavy atom. The predicted octanol–water partition coefficient (Wildman–Crippen LogP) is 15.1. The number of rotatable bonds is 11. The molecule has 294 valence electrons. The summed E-state index contributed by atoms with van der Waals surface area (Å²) < 4.78 is 12.7. The molecule has 0 N–H and O–H groups in total. The van der Waals surface area contributed by atoms with E-state index in [9.17, 15) is 0 Å². The van der Waals surface area contributed by atoms with Gasteiger partial charge in [0.1, 0.15) is 23.0 Å². The van der Waals surface area contributed by atoms with Gasteiger partial charge in [-0.3, -0.25) is 0 Å². The van der Waals surface area contributed by atoms with Crippen LogP contribution < -0.4 is 9.47 Å². The minimum absolute atomic E-state index is 0.0234. The quantitative estimate of drug-likeness (QED) is 0.195. The van der Waals surface area contributed by atoms with Crippen molar-refractivity contribution in [3.63, 3.8) is 0 Å². The largest absolute Gasteiger partial charge is 0.458 e. The van der Waals surface area contributed by atoms with Crippen LogP contribution in [-0.2, 0) is 5.41 Å². The van der Waals surface area contributed by atoms with Gasteiger partial charge < -0.3 is 9.47 Å². The summed E-state index contributed by atoms with van der Waals surface area (Å²) >= 11 is 0. The van der Waals surface area contributed by atoms with E-state index in [1.807, 2.05) is 0 Å². The molecule has 4 saturated carbocycles. The molecule has 0 amide bonds. The van der Waals surface area contributed by atoms with Crippen molar-refractivity contribution in [2.75, 3.05) is 0 Å². The monoisotopic (exact) mass is 739 g/mol. The lowest BCUT2D eigenvalue weighted by atomic mass is 9.42. The van der Waals surface area contributed by atoms with Crippen LogP contribution in [0.15, 0.2) is 96.8 Å². The molecule has 8 rings (SSSR count). The second kappa shape index (κ2) is 15.6. The maximum absolute atomic E-state index is 6.38. The van der Waals surface area contributed by atoms with Gasteiger partial charge >= 0.3 is 0 Å². The Bertz CT molecular complexity index is 1820. The molecule has 2 heteroatoms. The van der Waals surface area contributed by atoms with Gasteiger partial charge in [0, 0.05) is 5.41 Å². The summed E-state index contributed by atoms with van der Waals surface area (Å²) in [5, 5.41) is 0. The van der Waals surface area contributed by atoms with Gasteiger partial charge in [-0.2, -0.15) is 0 Å². The fourth-order valence-electron chi connectivity index (χ4n) is 13.3. The Labute approximate surface area is 334 Å². The molecule has 0 aliphatic heterocycles. The maximum atomic E-state index is 6.38. The lowest BCUT2D eigenvalue weighted by molar-refractivity contribution is -0.122. The fourth-order valence-corrected chi connectivity index (χ4v) is 13.3. The molecule has 3 aromatic rings. The Morgan fingerprint density at radius 3 is 1.95 bits per heavy atom. The molecular weight excluding hydrogens is 669 g/mol. The first kappa shape index (κ1) is 38.6. The van der Waals surface area contributed by atoms with E-state index < -0.39 is 0 Å². The second-order valence-corrected chi connectivity index (χ2v) is 20.2. The van der Waals surface area contributed by atoms with E-state index in [1.165, 1.54) is 93.7 Å². The first-order valence-electron chi connectivity index (χ1n) is 22.5. The smallest absolute Gasteiger partial charge is 0.127 e. The fraction of sp³-hybridized carbons (Fsp3) is 0.585. The molecule has 5 aliphatic rings. The van der Waals surface area contributed by atoms with Crippen LogP contribution >= 0.6 is 0 Å². The molecule has 5 aliphatic carbocycles. The van der Waals surface area contributed by atoms with Crippen molar-refractivity contribution in [2.24, 2.45) is 58.2 Å². The van der Waals surface area contributed by atoms with Gasteiger partial charge in [0.15, 0.2) is 0 Å². The summed E-state index contributed by atoms with van der Waals surface area (Å²) in [7, 11) is 0. The Kier molecular flexibility index (Phi) is 10.9. The number of hydrogen-bond acceptors (Lipinski definition) is 2. The van der Waals surface area contributed by atoms with Crippen molar-refractivity contribution in [1.29, 1.82) is 0 Å². The van der Waals surface area contributed by atoms with Crippen LogP contribution in [-0.4, -0.2) is 0 Å². The zero-order valence-corrected chi connectivity index (χ0v) is 35.3. The average molecular weight is 739 g/mol. The first-order valence-corrected chi connectivity index (χ1v) is 22.5. The van der Waals surface area contributed by atoms with Crippen LogP contribution in [0.4, 0.5) is 0 Å². The van der Waals surface area contributed by atoms with Gasteiger partial charge in [0.25, 0.3) is 0 Å². The summed E-state index contributed by atoms with van der Waals surface area (Å²) in [5.41, 5.74) is 5.08. The summed E-state index contributed by atoms with van der Waals surface area (Å²) in [4.78, 5) is 0. The van der Waals surface area contributed by atoms with Crippen molar-refractivity contribution >= 4 is 0 Å². The molecule has 0 heterocycles. The van der Waals surface area contributed by atoms with Crippen molar-refractivity contribution < 1.29 is 9.47 Å². The predicted molar refractivity (Wildman–Crippen MR) is 230 cm³/mol. The van der Waals surface area contributed by atoms with Crippen molar-refractivity contribution in [1.82, 2.24) is 0 Å². The van der Waals surface area contributed by atoms with Crippen LogP contribution in [0.1, 0.15) is 142 Å². The number of fused-ring (bicyclic) bond motifs is 5. The molecule has 0 saturated heterocycles. The van der Waals surface area contributed by atoms with E-state index in [4.69, 9.17) is 9.47 Å². The van der Waals surface area contributed by atoms with E-state index in [1.54, 1.807) is 0 Å². The molecule has 0 radical (unpaired) electrons. The summed E-state index contributed by atoms with van der Waals surface area (Å²) in [6.07, 6.45) is 24.3. The molecule has 4 fully saturated rings. The SMILES string of the molecule is Cc1ccc(Oc2ccc(C3(c4ccc(OC5=CCC(C)C=C5)cc4)CCC4(C)C(CCC5C4CCC4(C)C(C(C)CCCC(C)C)CCC54)C3)cc2)cc1. The van der Waals surface area contributed by atoms with Gasteiger partial charge in [-0.05, 0) is 189 Å². The van der Waals surface area contributed by atoms with Gasteiger partial charge in [-0.25, -0.2) is 0 Å². The summed E-state index contributed by atoms with van der Waals surface area (Å²) in [6, 6.07) is 26.8. The normalized spacial score (nSPS) is 34.7. The third-order valence-electron chi connectivity index (χ3n) is 16.5. The number of hydrogen-bond donors (Lipinski definition) is 0. The lowest BCUT2D eigenvalue weighted by Crippen LogP contribution is -2.55. The minimum Gasteiger partial charge on any atom is -0.458 e. The van der Waals surface area contributed by atoms with Gasteiger partial charge in [0.2, 0.25) is 0 Å². The Hall–Kier alpha value is -3.26. The van der Waals surface area contributed by atoms with Crippen LogP contribution in [0.2, 0.25) is 0 Å². The van der Waals surface area contributed by atoms with E-state index in [2.05, 4.69) is 139 Å². The van der Waals surface area contributed by atoms with Crippen LogP contribution in [0, 0.1) is 65.1 Å². The molecule has 2 nitrogen and oxygen atoms in total. The summed E-state index contributed by atoms with van der Waals surface area (Å²) in [5.74, 6) is 10.4. The zero-order chi connectivity index (χ0) is 38.4. The highest BCUT2D eigenvalue weighted by atomic mass is 16.5. The van der Waals surface area contributed by atoms with Crippen molar-refractivity contribution in [3.05, 3.63) is 113 Å². The number of aryl methyl sites for hydroxylation is 1. The molecule has 3 aromatic carbocycles. The van der Waals surface area contributed by atoms with Gasteiger partial charge in [-0.1, -0.05) is 109 Å². The van der Waals surface area contributed by atoms with Crippen molar-refractivity contribution in [2.45, 2.75) is 137 Å². The minimum atomic E-state index is -0.0234. The van der Waals surface area contributed by atoms with Gasteiger partial charge in [-0.15, -0.1) is 0 Å². The summed E-state index contributed by atoms with van der Waals surface area (Å²) in [6.45, 7) is 17.3. The van der Waals surface area contributed by atoms with E-state index in [0.717, 1.165) is 70.9 Å². The van der Waals surface area contributed by atoms with Crippen LogP contribution in [0.3, 0.4) is 0 Å². The molecule has 55 heavy (non-hydrogen) atoms. The molecular formula is C53H70O2. The molecule has 10 unspecified atom stereocenters. The number of ether oxygens (including phenoxy) is 2. The van der Waals surface area contributed by atoms with E-state index >= 15 is 0 Å². The Morgan fingerprint density at radius 1 is 0.673 bits per heavy atom. The highest BCUT2D eigenvalue weighted by molar-refractivity contribution is 5.46. The van der Waals surface area contributed by atoms with Crippen molar-refractivity contribution in [3.8, 4) is 17.2 Å². The zero-order valence-electron chi connectivity index (χ0n) is 35.3. The lowest BCUT2D eigenvalue weighted by Gasteiger charge is -2.63. The number of allylic oxidation sites excluding steroid dienone is 3. The molecule has 0 aromatic heterocycles. The third-order valence-corrected chi connectivity index (χ3v) is 16.5. The van der Waals surface area contributed by atoms with Crippen LogP contribution in [0.5, 0.6) is 17.2 Å². The highest BCUT2D eigenvalue weighted by Gasteiger charge is 2.62. The Balaban J connectivity index is 1.04. The highest BCUT2D eigenvalue weighted by Crippen LogP contribution is 2.70. The van der Waals surface area contributed by atoms with E-state index in [0.29, 0.717) is 16.7 Å². The molecule has 0 bridgehead atoms. The van der Waals surface area contributed by atoms with E-state index in [-0.39, 0.29) is 5.41 Å². The topological polar surface area (TPSA) is 18.5 Å². The maximum Gasteiger partial charge on any atom is 0.127 e.